The molecule has 0 bridgehead atoms. The highest BCUT2D eigenvalue weighted by atomic mass is 32.1. The average Bonchev–Trinajstić information content (AvgIpc) is 2.90. The minimum absolute atomic E-state index is 0.0948. The third-order valence-corrected chi connectivity index (χ3v) is 3.50. The fraction of sp³-hybridized carbons (Fsp3) is 0.200. The number of hydrogen-bond donors (Lipinski definition) is 2. The zero-order chi connectivity index (χ0) is 14.4. The number of nitrogens with one attached hydrogen (secondary N) is 1. The van der Waals surface area contributed by atoms with Crippen molar-refractivity contribution in [3.05, 3.63) is 51.5 Å². The molecular formula is C15H15N3OS. The summed E-state index contributed by atoms with van der Waals surface area (Å²) in [6.07, 6.45) is 1.60. The Morgan fingerprint density at radius 1 is 1.40 bits per heavy atom. The summed E-state index contributed by atoms with van der Waals surface area (Å²) in [6.45, 7) is 2.72. The van der Waals surface area contributed by atoms with Crippen molar-refractivity contribution in [2.45, 2.75) is 13.5 Å². The van der Waals surface area contributed by atoms with E-state index in [4.69, 9.17) is 5.73 Å². The predicted octanol–water partition coefficient (Wildman–Crippen LogP) is 1.69. The van der Waals surface area contributed by atoms with Gasteiger partial charge in [0.15, 0.2) is 0 Å². The van der Waals surface area contributed by atoms with Gasteiger partial charge in [-0.05, 0) is 24.6 Å². The molecule has 102 valence electrons. The maximum absolute atomic E-state index is 11.9. The maximum Gasteiger partial charge on any atom is 0.263 e. The SMILES string of the molecule is Cc1ncc(C(=O)NCc2ccc(C#CCN)cc2)s1. The van der Waals surface area contributed by atoms with Crippen molar-refractivity contribution in [3.63, 3.8) is 0 Å². The Labute approximate surface area is 122 Å². The summed E-state index contributed by atoms with van der Waals surface area (Å²) in [4.78, 5) is 16.6. The molecule has 0 atom stereocenters. The van der Waals surface area contributed by atoms with Gasteiger partial charge in [-0.25, -0.2) is 4.98 Å². The molecule has 2 rings (SSSR count). The van der Waals surface area contributed by atoms with Crippen LogP contribution in [0.1, 0.15) is 25.8 Å². The molecule has 1 heterocycles. The zero-order valence-electron chi connectivity index (χ0n) is 11.1. The van der Waals surface area contributed by atoms with Crippen LogP contribution in [0.5, 0.6) is 0 Å². The molecule has 0 saturated heterocycles. The molecule has 2 aromatic rings. The van der Waals surface area contributed by atoms with E-state index in [1.807, 2.05) is 31.2 Å². The van der Waals surface area contributed by atoms with Crippen LogP contribution in [0, 0.1) is 18.8 Å². The molecule has 5 heteroatoms. The first kappa shape index (κ1) is 14.3. The van der Waals surface area contributed by atoms with Crippen LogP contribution in [0.3, 0.4) is 0 Å². The monoisotopic (exact) mass is 285 g/mol. The Bertz CT molecular complexity index is 650. The molecule has 1 aromatic heterocycles. The summed E-state index contributed by atoms with van der Waals surface area (Å²) in [5, 5.41) is 3.75. The van der Waals surface area contributed by atoms with Gasteiger partial charge < -0.3 is 11.1 Å². The fourth-order valence-corrected chi connectivity index (χ4v) is 2.29. The van der Waals surface area contributed by atoms with E-state index in [-0.39, 0.29) is 5.91 Å². The highest BCUT2D eigenvalue weighted by molar-refractivity contribution is 7.13. The third-order valence-electron chi connectivity index (χ3n) is 2.59. The van der Waals surface area contributed by atoms with Crippen molar-refractivity contribution in [1.82, 2.24) is 10.3 Å². The highest BCUT2D eigenvalue weighted by Crippen LogP contribution is 2.11. The number of nitrogens with two attached hydrogens (primary N) is 1. The lowest BCUT2D eigenvalue weighted by Gasteiger charge is -2.03. The van der Waals surface area contributed by atoms with Crippen molar-refractivity contribution in [2.75, 3.05) is 6.54 Å². The zero-order valence-corrected chi connectivity index (χ0v) is 12.0. The Morgan fingerprint density at radius 2 is 2.15 bits per heavy atom. The number of benzene rings is 1. The summed E-state index contributed by atoms with van der Waals surface area (Å²) in [5.41, 5.74) is 7.26. The first-order valence-corrected chi connectivity index (χ1v) is 6.99. The van der Waals surface area contributed by atoms with Gasteiger partial charge in [0.25, 0.3) is 5.91 Å². The van der Waals surface area contributed by atoms with Gasteiger partial charge in [-0.15, -0.1) is 11.3 Å². The topological polar surface area (TPSA) is 68.0 Å². The van der Waals surface area contributed by atoms with Crippen LogP contribution in [0.15, 0.2) is 30.5 Å². The Balaban J connectivity index is 1.92. The van der Waals surface area contributed by atoms with Crippen molar-refractivity contribution in [2.24, 2.45) is 5.73 Å². The summed E-state index contributed by atoms with van der Waals surface area (Å²) in [7, 11) is 0. The summed E-state index contributed by atoms with van der Waals surface area (Å²) >= 11 is 1.39. The quantitative estimate of drug-likeness (QED) is 0.843. The van der Waals surface area contributed by atoms with Gasteiger partial charge in [0.05, 0.1) is 17.7 Å². The molecule has 0 radical (unpaired) electrons. The van der Waals surface area contributed by atoms with Crippen LogP contribution < -0.4 is 11.1 Å². The second kappa shape index (κ2) is 6.85. The van der Waals surface area contributed by atoms with E-state index in [1.165, 1.54) is 11.3 Å². The Morgan fingerprint density at radius 3 is 2.75 bits per heavy atom. The van der Waals surface area contributed by atoms with E-state index in [2.05, 4.69) is 22.1 Å². The van der Waals surface area contributed by atoms with Crippen molar-refractivity contribution in [3.8, 4) is 11.8 Å². The van der Waals surface area contributed by atoms with E-state index in [9.17, 15) is 4.79 Å². The van der Waals surface area contributed by atoms with Gasteiger partial charge in [-0.3, -0.25) is 4.79 Å². The molecule has 20 heavy (non-hydrogen) atoms. The van der Waals surface area contributed by atoms with Crippen molar-refractivity contribution in [1.29, 1.82) is 0 Å². The lowest BCUT2D eigenvalue weighted by molar-refractivity contribution is 0.0955. The number of thiazole rings is 1. The minimum atomic E-state index is -0.0948. The van der Waals surface area contributed by atoms with Gasteiger partial charge in [0.1, 0.15) is 4.88 Å². The number of nitrogens with zero attached hydrogens (tertiary/aromatic N) is 1. The van der Waals surface area contributed by atoms with Crippen LogP contribution >= 0.6 is 11.3 Å². The lowest BCUT2D eigenvalue weighted by Crippen LogP contribution is -2.21. The number of carbonyl (C=O) groups excluding carboxylic acids is 1. The fourth-order valence-electron chi connectivity index (χ4n) is 1.59. The van der Waals surface area contributed by atoms with Gasteiger partial charge in [0, 0.05) is 12.1 Å². The number of hydrogen-bond acceptors (Lipinski definition) is 4. The molecular weight excluding hydrogens is 270 g/mol. The molecule has 1 amide bonds. The first-order chi connectivity index (χ1) is 9.69. The van der Waals surface area contributed by atoms with Crippen LogP contribution in [0.2, 0.25) is 0 Å². The van der Waals surface area contributed by atoms with E-state index in [1.54, 1.807) is 6.20 Å². The van der Waals surface area contributed by atoms with Crippen molar-refractivity contribution < 1.29 is 4.79 Å². The number of amides is 1. The lowest BCUT2D eigenvalue weighted by atomic mass is 10.1. The molecule has 4 nitrogen and oxygen atoms in total. The van der Waals surface area contributed by atoms with Gasteiger partial charge in [-0.2, -0.15) is 0 Å². The van der Waals surface area contributed by atoms with Crippen LogP contribution in [0.4, 0.5) is 0 Å². The average molecular weight is 285 g/mol. The smallest absolute Gasteiger partial charge is 0.263 e. The van der Waals surface area contributed by atoms with E-state index >= 15 is 0 Å². The largest absolute Gasteiger partial charge is 0.347 e. The third kappa shape index (κ3) is 3.92. The maximum atomic E-state index is 11.9. The summed E-state index contributed by atoms with van der Waals surface area (Å²) < 4.78 is 0. The molecule has 0 unspecified atom stereocenters. The molecule has 0 spiro atoms. The van der Waals surface area contributed by atoms with E-state index in [0.717, 1.165) is 16.1 Å². The normalized spacial score (nSPS) is 9.70. The Kier molecular flexibility index (Phi) is 4.88. The highest BCUT2D eigenvalue weighted by Gasteiger charge is 2.08. The number of aromatic nitrogens is 1. The second-order valence-corrected chi connectivity index (χ2v) is 5.36. The number of rotatable bonds is 3. The molecule has 0 fully saturated rings. The van der Waals surface area contributed by atoms with Gasteiger partial charge in [-0.1, -0.05) is 24.0 Å². The molecule has 0 aliphatic rings. The van der Waals surface area contributed by atoms with Crippen molar-refractivity contribution >= 4 is 17.2 Å². The summed E-state index contributed by atoms with van der Waals surface area (Å²) in [5.74, 6) is 5.66. The molecule has 0 saturated carbocycles. The van der Waals surface area contributed by atoms with Crippen LogP contribution in [-0.4, -0.2) is 17.4 Å². The Hall–Kier alpha value is -2.16. The van der Waals surface area contributed by atoms with Gasteiger partial charge in [0.2, 0.25) is 0 Å². The van der Waals surface area contributed by atoms with Crippen LogP contribution in [-0.2, 0) is 6.54 Å². The number of aryl methyl sites for hydroxylation is 1. The van der Waals surface area contributed by atoms with E-state index < -0.39 is 0 Å². The first-order valence-electron chi connectivity index (χ1n) is 6.17. The van der Waals surface area contributed by atoms with Crippen LogP contribution in [0.25, 0.3) is 0 Å². The van der Waals surface area contributed by atoms with E-state index in [0.29, 0.717) is 18.0 Å². The van der Waals surface area contributed by atoms with Gasteiger partial charge >= 0.3 is 0 Å². The second-order valence-electron chi connectivity index (χ2n) is 4.13. The number of carbonyl (C=O) groups is 1. The molecule has 0 aliphatic heterocycles. The summed E-state index contributed by atoms with van der Waals surface area (Å²) in [6, 6.07) is 7.72. The molecule has 0 aliphatic carbocycles. The predicted molar refractivity (Wildman–Crippen MR) is 80.4 cm³/mol. The molecule has 1 aromatic carbocycles. The minimum Gasteiger partial charge on any atom is -0.347 e. The molecule has 3 N–H and O–H groups in total. The standard InChI is InChI=1S/C15H15N3OS/c1-11-17-10-14(20-11)15(19)18-9-13-6-4-12(5-7-13)3-2-8-16/h4-7,10H,8-9,16H2,1H3,(H,18,19).